The first-order valence-corrected chi connectivity index (χ1v) is 5.58. The fourth-order valence-electron chi connectivity index (χ4n) is 1.40. The summed E-state index contributed by atoms with van der Waals surface area (Å²) in [4.78, 5) is 14.2. The molecule has 1 unspecified atom stereocenters. The fraction of sp³-hybridized carbons (Fsp3) is 0.583. The summed E-state index contributed by atoms with van der Waals surface area (Å²) in [5.41, 5.74) is -1.64. The second-order valence-corrected chi connectivity index (χ2v) is 4.37. The second kappa shape index (κ2) is 5.70. The van der Waals surface area contributed by atoms with Crippen LogP contribution in [0, 0.1) is 0 Å². The molecule has 0 saturated carbocycles. The van der Waals surface area contributed by atoms with Crippen LogP contribution in [0.4, 0.5) is 4.39 Å². The first-order chi connectivity index (χ1) is 7.99. The number of carbonyl (C=O) groups excluding carboxylic acids is 1. The Kier molecular flexibility index (Phi) is 4.54. The van der Waals surface area contributed by atoms with E-state index in [1.807, 2.05) is 0 Å². The molecule has 0 aliphatic rings. The van der Waals surface area contributed by atoms with E-state index < -0.39 is 5.67 Å². The summed E-state index contributed by atoms with van der Waals surface area (Å²) in [6.07, 6.45) is 4.47. The second-order valence-electron chi connectivity index (χ2n) is 4.37. The maximum absolute atomic E-state index is 13.5. The number of aromatic nitrogens is 2. The molecule has 17 heavy (non-hydrogen) atoms. The monoisotopic (exact) mass is 240 g/mol. The molecular formula is C12H17FN2O2. The van der Waals surface area contributed by atoms with Crippen LogP contribution in [0.5, 0.6) is 0 Å². The van der Waals surface area contributed by atoms with Crippen molar-refractivity contribution in [1.82, 2.24) is 10.1 Å². The molecule has 0 bridgehead atoms. The van der Waals surface area contributed by atoms with E-state index in [2.05, 4.69) is 16.7 Å². The third kappa shape index (κ3) is 3.76. The van der Waals surface area contributed by atoms with E-state index in [0.29, 0.717) is 18.7 Å². The van der Waals surface area contributed by atoms with Gasteiger partial charge in [0.05, 0.1) is 0 Å². The number of nitrogens with zero attached hydrogens (tertiary/aromatic N) is 2. The largest absolute Gasteiger partial charge is 0.336 e. The topological polar surface area (TPSA) is 56.0 Å². The quantitative estimate of drug-likeness (QED) is 0.417. The smallest absolute Gasteiger partial charge is 0.263 e. The summed E-state index contributed by atoms with van der Waals surface area (Å²) in [6, 6.07) is 0. The highest BCUT2D eigenvalue weighted by molar-refractivity contribution is 5.49. The normalized spacial score (nSPS) is 13.4. The highest BCUT2D eigenvalue weighted by Gasteiger charge is 2.28. The van der Waals surface area contributed by atoms with Crippen molar-refractivity contribution in [2.75, 3.05) is 0 Å². The van der Waals surface area contributed by atoms with Crippen molar-refractivity contribution in [3.8, 4) is 0 Å². The summed E-state index contributed by atoms with van der Waals surface area (Å²) < 4.78 is 18.4. The van der Waals surface area contributed by atoms with Crippen LogP contribution < -0.4 is 0 Å². The summed E-state index contributed by atoms with van der Waals surface area (Å²) in [7, 11) is 0. The zero-order chi connectivity index (χ0) is 12.9. The van der Waals surface area contributed by atoms with Gasteiger partial charge in [0.15, 0.2) is 11.5 Å². The van der Waals surface area contributed by atoms with Crippen LogP contribution in [0.25, 0.3) is 0 Å². The zero-order valence-electron chi connectivity index (χ0n) is 10.1. The minimum Gasteiger partial charge on any atom is -0.336 e. The van der Waals surface area contributed by atoms with Gasteiger partial charge in [0, 0.05) is 12.3 Å². The third-order valence-corrected chi connectivity index (χ3v) is 2.40. The van der Waals surface area contributed by atoms with Crippen molar-refractivity contribution >= 4 is 6.29 Å². The average molecular weight is 240 g/mol. The van der Waals surface area contributed by atoms with Crippen LogP contribution in [0.2, 0.25) is 0 Å². The van der Waals surface area contributed by atoms with E-state index in [9.17, 15) is 9.18 Å². The van der Waals surface area contributed by atoms with Crippen LogP contribution in [0.3, 0.4) is 0 Å². The Labute approximate surface area is 99.9 Å². The van der Waals surface area contributed by atoms with Crippen molar-refractivity contribution in [2.45, 2.75) is 44.7 Å². The maximum Gasteiger partial charge on any atom is 0.263 e. The molecule has 0 amide bonds. The molecule has 0 aliphatic heterocycles. The molecule has 1 heterocycles. The number of aldehydes is 1. The minimum atomic E-state index is -1.64. The number of hydrogen-bond donors (Lipinski definition) is 0. The van der Waals surface area contributed by atoms with Gasteiger partial charge in [-0.1, -0.05) is 11.2 Å². The van der Waals surface area contributed by atoms with E-state index in [-0.39, 0.29) is 11.8 Å². The van der Waals surface area contributed by atoms with E-state index in [4.69, 9.17) is 4.52 Å². The first-order valence-electron chi connectivity index (χ1n) is 5.58. The lowest BCUT2D eigenvalue weighted by atomic mass is 10.0. The van der Waals surface area contributed by atoms with E-state index in [1.54, 1.807) is 6.08 Å². The lowest BCUT2D eigenvalue weighted by molar-refractivity contribution is -0.107. The molecular weight excluding hydrogens is 223 g/mol. The van der Waals surface area contributed by atoms with Gasteiger partial charge in [-0.3, -0.25) is 0 Å². The van der Waals surface area contributed by atoms with Crippen molar-refractivity contribution in [3.05, 3.63) is 24.4 Å². The van der Waals surface area contributed by atoms with E-state index in [0.717, 1.165) is 12.7 Å². The Bertz CT molecular complexity index is 382. The summed E-state index contributed by atoms with van der Waals surface area (Å²) in [5.74, 6) is 0.288. The Morgan fingerprint density at radius 2 is 2.29 bits per heavy atom. The zero-order valence-corrected chi connectivity index (χ0v) is 10.1. The molecule has 4 nitrogen and oxygen atoms in total. The molecule has 94 valence electrons. The summed E-state index contributed by atoms with van der Waals surface area (Å²) in [5, 5.41) is 3.75. The molecule has 5 heteroatoms. The SMILES string of the molecule is C=CC(CCCC=O)c1noc(C(C)(C)F)n1. The lowest BCUT2D eigenvalue weighted by Crippen LogP contribution is -2.09. The predicted molar refractivity (Wildman–Crippen MR) is 61.3 cm³/mol. The van der Waals surface area contributed by atoms with E-state index >= 15 is 0 Å². The van der Waals surface area contributed by atoms with Crippen LogP contribution in [0.1, 0.15) is 50.7 Å². The maximum atomic E-state index is 13.5. The van der Waals surface area contributed by atoms with Crippen LogP contribution >= 0.6 is 0 Å². The third-order valence-electron chi connectivity index (χ3n) is 2.40. The molecule has 1 aromatic rings. The van der Waals surface area contributed by atoms with Crippen molar-refractivity contribution in [2.24, 2.45) is 0 Å². The van der Waals surface area contributed by atoms with Gasteiger partial charge in [-0.25, -0.2) is 4.39 Å². The van der Waals surface area contributed by atoms with Gasteiger partial charge in [-0.15, -0.1) is 6.58 Å². The number of hydrogen-bond acceptors (Lipinski definition) is 4. The van der Waals surface area contributed by atoms with Gasteiger partial charge >= 0.3 is 0 Å². The molecule has 0 spiro atoms. The predicted octanol–water partition coefficient (Wildman–Crippen LogP) is 2.91. The van der Waals surface area contributed by atoms with Gasteiger partial charge in [-0.2, -0.15) is 4.98 Å². The van der Waals surface area contributed by atoms with Gasteiger partial charge < -0.3 is 9.32 Å². The lowest BCUT2D eigenvalue weighted by Gasteiger charge is -2.07. The van der Waals surface area contributed by atoms with Gasteiger partial charge in [0.25, 0.3) is 5.89 Å². The molecule has 0 aliphatic carbocycles. The Hall–Kier alpha value is -1.52. The molecule has 0 N–H and O–H groups in total. The van der Waals surface area contributed by atoms with Crippen LogP contribution in [-0.4, -0.2) is 16.4 Å². The number of rotatable bonds is 7. The number of alkyl halides is 1. The number of unbranched alkanes of at least 4 members (excludes halogenated alkanes) is 1. The Balaban J connectivity index is 2.72. The highest BCUT2D eigenvalue weighted by atomic mass is 19.1. The standard InChI is InChI=1S/C12H17FN2O2/c1-4-9(7-5-6-8-16)10-14-11(17-15-10)12(2,3)13/h4,8-9H,1,5-7H2,2-3H3. The summed E-state index contributed by atoms with van der Waals surface area (Å²) >= 11 is 0. The van der Waals surface area contributed by atoms with Gasteiger partial charge in [-0.05, 0) is 26.7 Å². The molecule has 0 saturated heterocycles. The van der Waals surface area contributed by atoms with E-state index in [1.165, 1.54) is 13.8 Å². The highest BCUT2D eigenvalue weighted by Crippen LogP contribution is 2.26. The minimum absolute atomic E-state index is 0.0327. The average Bonchev–Trinajstić information content (AvgIpc) is 2.73. The molecule has 1 atom stereocenters. The van der Waals surface area contributed by atoms with Crippen LogP contribution in [-0.2, 0) is 10.5 Å². The number of carbonyl (C=O) groups is 1. The van der Waals surface area contributed by atoms with Gasteiger partial charge in [0.2, 0.25) is 0 Å². The van der Waals surface area contributed by atoms with Crippen molar-refractivity contribution < 1.29 is 13.7 Å². The first kappa shape index (κ1) is 13.5. The Morgan fingerprint density at radius 3 is 2.76 bits per heavy atom. The molecule has 0 aromatic carbocycles. The molecule has 0 radical (unpaired) electrons. The van der Waals surface area contributed by atoms with Crippen LogP contribution in [0.15, 0.2) is 17.2 Å². The number of halogens is 1. The number of allylic oxidation sites excluding steroid dienone is 1. The molecule has 0 fully saturated rings. The van der Waals surface area contributed by atoms with Gasteiger partial charge in [0.1, 0.15) is 6.29 Å². The fourth-order valence-corrected chi connectivity index (χ4v) is 1.40. The summed E-state index contributed by atoms with van der Waals surface area (Å²) in [6.45, 7) is 6.41. The molecule has 1 aromatic heterocycles. The Morgan fingerprint density at radius 1 is 1.59 bits per heavy atom. The molecule has 1 rings (SSSR count). The van der Waals surface area contributed by atoms with Crippen molar-refractivity contribution in [3.63, 3.8) is 0 Å². The van der Waals surface area contributed by atoms with Crippen molar-refractivity contribution in [1.29, 1.82) is 0 Å².